The summed E-state index contributed by atoms with van der Waals surface area (Å²) in [4.78, 5) is 0. The molecule has 0 amide bonds. The van der Waals surface area contributed by atoms with Crippen LogP contribution in [-0.2, 0) is 9.84 Å². The lowest BCUT2D eigenvalue weighted by Gasteiger charge is -2.18. The lowest BCUT2D eigenvalue weighted by Crippen LogP contribution is -2.13. The summed E-state index contributed by atoms with van der Waals surface area (Å²) < 4.78 is 55.2. The number of alkyl halides is 1. The Morgan fingerprint density at radius 3 is 2.37 bits per heavy atom. The van der Waals surface area contributed by atoms with Crippen molar-refractivity contribution < 1.29 is 21.9 Å². The van der Waals surface area contributed by atoms with E-state index in [1.54, 1.807) is 0 Å². The van der Waals surface area contributed by atoms with Crippen molar-refractivity contribution in [2.24, 2.45) is 5.92 Å². The minimum atomic E-state index is -3.14. The topological polar surface area (TPSA) is 43.4 Å². The Bertz CT molecular complexity index is 566. The molecule has 1 aliphatic heterocycles. The van der Waals surface area contributed by atoms with Gasteiger partial charge in [-0.1, -0.05) is 0 Å². The van der Waals surface area contributed by atoms with Gasteiger partial charge in [0.1, 0.15) is 17.4 Å². The number of sulfone groups is 1. The zero-order chi connectivity index (χ0) is 14.2. The van der Waals surface area contributed by atoms with Crippen LogP contribution in [0.5, 0.6) is 5.75 Å². The van der Waals surface area contributed by atoms with Gasteiger partial charge in [-0.3, -0.25) is 0 Å². The fourth-order valence-corrected chi connectivity index (χ4v) is 4.60. The van der Waals surface area contributed by atoms with E-state index in [0.29, 0.717) is 6.42 Å². The summed E-state index contributed by atoms with van der Waals surface area (Å²) in [5, 5.41) is -0.997. The molecule has 0 aliphatic carbocycles. The predicted octanol–water partition coefficient (Wildman–Crippen LogP) is 2.69. The van der Waals surface area contributed by atoms with Crippen LogP contribution in [-0.4, -0.2) is 27.0 Å². The molecule has 0 saturated carbocycles. The van der Waals surface area contributed by atoms with E-state index in [1.807, 2.05) is 0 Å². The van der Waals surface area contributed by atoms with Crippen LogP contribution in [0.15, 0.2) is 12.1 Å². The second-order valence-corrected chi connectivity index (χ2v) is 7.27. The molecule has 1 saturated heterocycles. The molecule has 3 nitrogen and oxygen atoms in total. The predicted molar refractivity (Wildman–Crippen MR) is 68.3 cm³/mol. The molecule has 19 heavy (non-hydrogen) atoms. The minimum Gasteiger partial charge on any atom is -0.497 e. The first-order chi connectivity index (χ1) is 8.84. The molecule has 1 aromatic carbocycles. The molecule has 0 aromatic heterocycles. The van der Waals surface area contributed by atoms with E-state index in [-0.39, 0.29) is 22.8 Å². The molecule has 1 fully saturated rings. The maximum absolute atomic E-state index is 13.8. The Kier molecular flexibility index (Phi) is 4.01. The number of halogens is 3. The number of methoxy groups -OCH3 is 1. The van der Waals surface area contributed by atoms with Gasteiger partial charge in [-0.25, -0.2) is 17.2 Å². The van der Waals surface area contributed by atoms with Gasteiger partial charge in [0.05, 0.1) is 24.0 Å². The summed E-state index contributed by atoms with van der Waals surface area (Å²) in [5.41, 5.74) is -0.287. The number of hydrogen-bond donors (Lipinski definition) is 0. The lowest BCUT2D eigenvalue weighted by atomic mass is 9.97. The van der Waals surface area contributed by atoms with Crippen molar-refractivity contribution in [1.29, 1.82) is 0 Å². The summed E-state index contributed by atoms with van der Waals surface area (Å²) in [7, 11) is -1.84. The molecule has 1 heterocycles. The van der Waals surface area contributed by atoms with Crippen LogP contribution < -0.4 is 4.74 Å². The van der Waals surface area contributed by atoms with Crippen molar-refractivity contribution in [2.75, 3.05) is 18.6 Å². The first kappa shape index (κ1) is 14.5. The van der Waals surface area contributed by atoms with Crippen LogP contribution in [0.4, 0.5) is 8.78 Å². The third kappa shape index (κ3) is 3.00. The van der Waals surface area contributed by atoms with Gasteiger partial charge < -0.3 is 4.74 Å². The van der Waals surface area contributed by atoms with E-state index < -0.39 is 32.8 Å². The SMILES string of the molecule is COc1cc(F)c(C(Cl)C2CCS(=O)(=O)C2)c(F)c1. The van der Waals surface area contributed by atoms with Crippen LogP contribution in [0.3, 0.4) is 0 Å². The van der Waals surface area contributed by atoms with Crippen LogP contribution in [0, 0.1) is 17.6 Å². The van der Waals surface area contributed by atoms with Gasteiger partial charge in [0.25, 0.3) is 0 Å². The molecule has 0 N–H and O–H groups in total. The molecular weight excluding hydrogens is 298 g/mol. The monoisotopic (exact) mass is 310 g/mol. The summed E-state index contributed by atoms with van der Waals surface area (Å²) in [5.74, 6) is -2.17. The van der Waals surface area contributed by atoms with Crippen LogP contribution in [0.1, 0.15) is 17.4 Å². The minimum absolute atomic E-state index is 0.0142. The Morgan fingerprint density at radius 1 is 1.37 bits per heavy atom. The quantitative estimate of drug-likeness (QED) is 0.806. The smallest absolute Gasteiger partial charge is 0.150 e. The average molecular weight is 311 g/mol. The van der Waals surface area contributed by atoms with E-state index in [4.69, 9.17) is 16.3 Å². The Labute approximate surface area is 115 Å². The molecule has 0 bridgehead atoms. The molecule has 1 aromatic rings. The van der Waals surface area contributed by atoms with Gasteiger partial charge in [-0.05, 0) is 12.3 Å². The van der Waals surface area contributed by atoms with Gasteiger partial charge >= 0.3 is 0 Å². The summed E-state index contributed by atoms with van der Waals surface area (Å²) in [6.07, 6.45) is 0.321. The maximum atomic E-state index is 13.8. The lowest BCUT2D eigenvalue weighted by molar-refractivity contribution is 0.403. The van der Waals surface area contributed by atoms with E-state index in [9.17, 15) is 17.2 Å². The molecule has 2 atom stereocenters. The molecule has 7 heteroatoms. The van der Waals surface area contributed by atoms with E-state index in [2.05, 4.69) is 0 Å². The summed E-state index contributed by atoms with van der Waals surface area (Å²) in [6.45, 7) is 0. The van der Waals surface area contributed by atoms with Crippen LogP contribution in [0.25, 0.3) is 0 Å². The largest absolute Gasteiger partial charge is 0.497 e. The molecule has 106 valence electrons. The van der Waals surface area contributed by atoms with Gasteiger partial charge in [-0.15, -0.1) is 11.6 Å². The standard InChI is InChI=1S/C12H13ClF2O3S/c1-18-8-4-9(14)11(10(15)5-8)12(13)7-2-3-19(16,17)6-7/h4-5,7,12H,2-3,6H2,1H3. The second-order valence-electron chi connectivity index (χ2n) is 4.57. The van der Waals surface area contributed by atoms with Gasteiger partial charge in [0.2, 0.25) is 0 Å². The zero-order valence-electron chi connectivity index (χ0n) is 10.2. The summed E-state index contributed by atoms with van der Waals surface area (Å²) in [6, 6.07) is 2.08. The van der Waals surface area contributed by atoms with Crippen molar-refractivity contribution in [3.63, 3.8) is 0 Å². The van der Waals surface area contributed by atoms with Crippen molar-refractivity contribution in [3.8, 4) is 5.75 Å². The number of rotatable bonds is 3. The molecular formula is C12H13ClF2O3S. The highest BCUT2D eigenvalue weighted by atomic mass is 35.5. The normalized spacial score (nSPS) is 23.3. The Hall–Kier alpha value is -0.880. The van der Waals surface area contributed by atoms with Crippen molar-refractivity contribution >= 4 is 21.4 Å². The molecule has 0 radical (unpaired) electrons. The molecule has 2 rings (SSSR count). The number of benzene rings is 1. The van der Waals surface area contributed by atoms with Crippen LogP contribution in [0.2, 0.25) is 0 Å². The van der Waals surface area contributed by atoms with Crippen molar-refractivity contribution in [2.45, 2.75) is 11.8 Å². The maximum Gasteiger partial charge on any atom is 0.150 e. The summed E-state index contributed by atoms with van der Waals surface area (Å²) >= 11 is 6.06. The highest BCUT2D eigenvalue weighted by Crippen LogP contribution is 2.39. The van der Waals surface area contributed by atoms with Gasteiger partial charge in [0.15, 0.2) is 9.84 Å². The Balaban J connectivity index is 2.32. The third-order valence-electron chi connectivity index (χ3n) is 3.25. The highest BCUT2D eigenvalue weighted by molar-refractivity contribution is 7.91. The zero-order valence-corrected chi connectivity index (χ0v) is 11.8. The van der Waals surface area contributed by atoms with Crippen LogP contribution >= 0.6 is 11.6 Å². The molecule has 0 spiro atoms. The fraction of sp³-hybridized carbons (Fsp3) is 0.500. The number of ether oxygens (including phenoxy) is 1. The first-order valence-corrected chi connectivity index (χ1v) is 7.97. The van der Waals surface area contributed by atoms with E-state index in [0.717, 1.165) is 12.1 Å². The van der Waals surface area contributed by atoms with Gasteiger partial charge in [-0.2, -0.15) is 0 Å². The number of hydrogen-bond acceptors (Lipinski definition) is 3. The molecule has 1 aliphatic rings. The Morgan fingerprint density at radius 2 is 1.95 bits per heavy atom. The van der Waals surface area contributed by atoms with Gasteiger partial charge in [0, 0.05) is 17.7 Å². The highest BCUT2D eigenvalue weighted by Gasteiger charge is 2.36. The third-order valence-corrected chi connectivity index (χ3v) is 5.61. The average Bonchev–Trinajstić information content (AvgIpc) is 2.68. The van der Waals surface area contributed by atoms with E-state index in [1.165, 1.54) is 7.11 Å². The molecule has 2 unspecified atom stereocenters. The van der Waals surface area contributed by atoms with Crippen molar-refractivity contribution in [1.82, 2.24) is 0 Å². The first-order valence-electron chi connectivity index (χ1n) is 5.71. The van der Waals surface area contributed by atoms with Crippen molar-refractivity contribution in [3.05, 3.63) is 29.3 Å². The second kappa shape index (κ2) is 5.25. The fourth-order valence-electron chi connectivity index (χ4n) is 2.23. The van der Waals surface area contributed by atoms with E-state index >= 15 is 0 Å².